The summed E-state index contributed by atoms with van der Waals surface area (Å²) in [6.07, 6.45) is 1.75. The molecule has 0 radical (unpaired) electrons. The van der Waals surface area contributed by atoms with Crippen LogP contribution >= 0.6 is 0 Å². The Labute approximate surface area is 115 Å². The molecule has 0 unspecified atom stereocenters. The van der Waals surface area contributed by atoms with Crippen LogP contribution in [0.3, 0.4) is 0 Å². The van der Waals surface area contributed by atoms with E-state index < -0.39 is 0 Å². The smallest absolute Gasteiger partial charge is 0.235 e. The highest BCUT2D eigenvalue weighted by atomic mass is 16.3. The van der Waals surface area contributed by atoms with Crippen LogP contribution in [0.4, 0.5) is 0 Å². The van der Waals surface area contributed by atoms with Gasteiger partial charge in [-0.1, -0.05) is 12.1 Å². The molecule has 0 aliphatic rings. The number of benzene rings is 2. The predicted molar refractivity (Wildman–Crippen MR) is 77.6 cm³/mol. The zero-order chi connectivity index (χ0) is 13.5. The molecule has 0 atom stereocenters. The largest absolute Gasteiger partial charge is 0.508 e. The molecule has 4 rings (SSSR count). The first-order valence-corrected chi connectivity index (χ1v) is 6.34. The molecule has 0 spiro atoms. The number of fused-ring (bicyclic) bond motifs is 3. The minimum Gasteiger partial charge on any atom is -0.508 e. The third-order valence-corrected chi connectivity index (χ3v) is 3.37. The molecule has 2 heterocycles. The summed E-state index contributed by atoms with van der Waals surface area (Å²) in [5, 5.41) is 9.42. The van der Waals surface area contributed by atoms with Crippen molar-refractivity contribution in [1.29, 1.82) is 0 Å². The molecule has 0 saturated heterocycles. The van der Waals surface area contributed by atoms with Gasteiger partial charge in [-0.05, 0) is 48.0 Å². The van der Waals surface area contributed by atoms with Crippen LogP contribution in [0.15, 0.2) is 60.8 Å². The Balaban J connectivity index is 2.11. The summed E-state index contributed by atoms with van der Waals surface area (Å²) in [4.78, 5) is 8.85. The second-order valence-electron chi connectivity index (χ2n) is 4.61. The maximum Gasteiger partial charge on any atom is 0.235 e. The van der Waals surface area contributed by atoms with Gasteiger partial charge in [-0.3, -0.25) is 4.40 Å². The van der Waals surface area contributed by atoms with Gasteiger partial charge < -0.3 is 5.11 Å². The van der Waals surface area contributed by atoms with E-state index >= 15 is 0 Å². The summed E-state index contributed by atoms with van der Waals surface area (Å²) in [5.74, 6) is 0.936. The van der Waals surface area contributed by atoms with Gasteiger partial charge in [-0.15, -0.1) is 0 Å². The topological polar surface area (TPSA) is 50.4 Å². The monoisotopic (exact) mass is 261 g/mol. The number of hydrogen-bond acceptors (Lipinski definition) is 3. The zero-order valence-corrected chi connectivity index (χ0v) is 10.6. The Bertz CT molecular complexity index is 910. The first kappa shape index (κ1) is 11.0. The van der Waals surface area contributed by atoms with Gasteiger partial charge in [0.2, 0.25) is 5.78 Å². The highest BCUT2D eigenvalue weighted by molar-refractivity contribution is 5.82. The van der Waals surface area contributed by atoms with Gasteiger partial charge in [0, 0.05) is 6.20 Å². The first-order chi connectivity index (χ1) is 9.83. The number of imidazole rings is 1. The van der Waals surface area contributed by atoms with Crippen LogP contribution in [0.1, 0.15) is 0 Å². The minimum absolute atomic E-state index is 0.259. The number of hydrogen-bond donors (Lipinski definition) is 1. The second-order valence-corrected chi connectivity index (χ2v) is 4.61. The molecular weight excluding hydrogens is 250 g/mol. The lowest BCUT2D eigenvalue weighted by molar-refractivity contribution is 0.475. The van der Waals surface area contributed by atoms with Crippen LogP contribution in [0.2, 0.25) is 0 Å². The Morgan fingerprint density at radius 1 is 0.900 bits per heavy atom. The third kappa shape index (κ3) is 1.55. The minimum atomic E-state index is 0.259. The van der Waals surface area contributed by atoms with Crippen molar-refractivity contribution < 1.29 is 5.11 Å². The fourth-order valence-corrected chi connectivity index (χ4v) is 2.44. The van der Waals surface area contributed by atoms with Crippen molar-refractivity contribution in [3.63, 3.8) is 0 Å². The number of para-hydroxylation sites is 2. The molecule has 2 aromatic carbocycles. The van der Waals surface area contributed by atoms with E-state index in [9.17, 15) is 5.11 Å². The highest BCUT2D eigenvalue weighted by Crippen LogP contribution is 2.25. The average molecular weight is 261 g/mol. The molecule has 0 aliphatic heterocycles. The summed E-state index contributed by atoms with van der Waals surface area (Å²) in [6, 6.07) is 17.1. The maximum absolute atomic E-state index is 9.42. The van der Waals surface area contributed by atoms with E-state index in [4.69, 9.17) is 0 Å². The van der Waals surface area contributed by atoms with Crippen LogP contribution in [-0.4, -0.2) is 19.5 Å². The zero-order valence-electron chi connectivity index (χ0n) is 10.6. The number of phenolic OH excluding ortho intramolecular Hbond substituents is 1. The van der Waals surface area contributed by atoms with Gasteiger partial charge in [0.25, 0.3) is 0 Å². The summed E-state index contributed by atoms with van der Waals surface area (Å²) >= 11 is 0. The van der Waals surface area contributed by atoms with Crippen LogP contribution in [0.25, 0.3) is 28.1 Å². The van der Waals surface area contributed by atoms with Gasteiger partial charge in [-0.2, -0.15) is 0 Å². The normalized spacial score (nSPS) is 11.2. The van der Waals surface area contributed by atoms with E-state index in [0.29, 0.717) is 5.78 Å². The molecule has 0 fully saturated rings. The van der Waals surface area contributed by atoms with Crippen LogP contribution in [-0.2, 0) is 0 Å². The van der Waals surface area contributed by atoms with Crippen molar-refractivity contribution in [3.05, 3.63) is 60.8 Å². The van der Waals surface area contributed by atoms with Crippen molar-refractivity contribution in [2.24, 2.45) is 0 Å². The molecule has 4 nitrogen and oxygen atoms in total. The molecule has 0 bridgehead atoms. The number of phenols is 1. The first-order valence-electron chi connectivity index (χ1n) is 6.34. The highest BCUT2D eigenvalue weighted by Gasteiger charge is 2.09. The summed E-state index contributed by atoms with van der Waals surface area (Å²) < 4.78 is 2.03. The van der Waals surface area contributed by atoms with Crippen LogP contribution in [0.5, 0.6) is 5.75 Å². The van der Waals surface area contributed by atoms with E-state index in [0.717, 1.165) is 22.3 Å². The van der Waals surface area contributed by atoms with Crippen molar-refractivity contribution in [2.75, 3.05) is 0 Å². The molecule has 0 aliphatic carbocycles. The standard InChI is InChI=1S/C16H11N3O/c20-12-7-5-11(6-8-12)14-9-10-17-16-18-13-3-1-2-4-15(13)19(14)16/h1-10,20H. The van der Waals surface area contributed by atoms with Gasteiger partial charge in [0.1, 0.15) is 5.75 Å². The summed E-state index contributed by atoms with van der Waals surface area (Å²) in [5.41, 5.74) is 3.96. The third-order valence-electron chi connectivity index (χ3n) is 3.37. The molecule has 0 saturated carbocycles. The molecule has 4 aromatic rings. The second kappa shape index (κ2) is 4.06. The van der Waals surface area contributed by atoms with E-state index in [-0.39, 0.29) is 5.75 Å². The maximum atomic E-state index is 9.42. The van der Waals surface area contributed by atoms with Gasteiger partial charge in [0.15, 0.2) is 0 Å². The van der Waals surface area contributed by atoms with Gasteiger partial charge >= 0.3 is 0 Å². The lowest BCUT2D eigenvalue weighted by atomic mass is 10.1. The van der Waals surface area contributed by atoms with Crippen molar-refractivity contribution in [3.8, 4) is 17.0 Å². The molecule has 4 heteroatoms. The van der Waals surface area contributed by atoms with Crippen molar-refractivity contribution in [1.82, 2.24) is 14.4 Å². The SMILES string of the molecule is Oc1ccc(-c2ccnc3nc4ccccc4n23)cc1. The lowest BCUT2D eigenvalue weighted by Crippen LogP contribution is -1.93. The van der Waals surface area contributed by atoms with Crippen molar-refractivity contribution in [2.45, 2.75) is 0 Å². The van der Waals surface area contributed by atoms with Gasteiger partial charge in [-0.25, -0.2) is 9.97 Å². The predicted octanol–water partition coefficient (Wildman–Crippen LogP) is 3.26. The number of aromatic nitrogens is 3. The Morgan fingerprint density at radius 2 is 1.70 bits per heavy atom. The fraction of sp³-hybridized carbons (Fsp3) is 0. The van der Waals surface area contributed by atoms with E-state index in [1.807, 2.05) is 46.9 Å². The molecule has 96 valence electrons. The van der Waals surface area contributed by atoms with Crippen LogP contribution < -0.4 is 0 Å². The summed E-state index contributed by atoms with van der Waals surface area (Å²) in [6.45, 7) is 0. The molecule has 0 amide bonds. The molecule has 20 heavy (non-hydrogen) atoms. The Hall–Kier alpha value is -2.88. The van der Waals surface area contributed by atoms with E-state index in [2.05, 4.69) is 9.97 Å². The quantitative estimate of drug-likeness (QED) is 0.572. The summed E-state index contributed by atoms with van der Waals surface area (Å²) in [7, 11) is 0. The number of rotatable bonds is 1. The Morgan fingerprint density at radius 3 is 2.55 bits per heavy atom. The van der Waals surface area contributed by atoms with Crippen LogP contribution in [0, 0.1) is 0 Å². The van der Waals surface area contributed by atoms with E-state index in [1.165, 1.54) is 0 Å². The van der Waals surface area contributed by atoms with Gasteiger partial charge in [0.05, 0.1) is 16.7 Å². The fourth-order valence-electron chi connectivity index (χ4n) is 2.44. The Kier molecular flexibility index (Phi) is 2.23. The lowest BCUT2D eigenvalue weighted by Gasteiger charge is -2.06. The molecule has 2 aromatic heterocycles. The number of aromatic hydroxyl groups is 1. The average Bonchev–Trinajstić information content (AvgIpc) is 2.86. The van der Waals surface area contributed by atoms with Crippen molar-refractivity contribution >= 4 is 16.8 Å². The molecule has 1 N–H and O–H groups in total. The molecular formula is C16H11N3O. The van der Waals surface area contributed by atoms with E-state index in [1.54, 1.807) is 18.3 Å². The number of nitrogens with zero attached hydrogens (tertiary/aromatic N) is 3.